The molecule has 2 unspecified atom stereocenters. The summed E-state index contributed by atoms with van der Waals surface area (Å²) in [4.78, 5) is 2.35. The normalized spacial score (nSPS) is 18.6. The minimum atomic E-state index is -0.0462. The number of rotatable bonds is 13. The molecule has 2 aliphatic heterocycles. The summed E-state index contributed by atoms with van der Waals surface area (Å²) in [6, 6.07) is 31.5. The van der Waals surface area contributed by atoms with Gasteiger partial charge in [0.1, 0.15) is 0 Å². The predicted molar refractivity (Wildman–Crippen MR) is 187 cm³/mol. The number of ether oxygens (including phenoxy) is 4. The maximum Gasteiger partial charge on any atom is 0.157 e. The minimum Gasteiger partial charge on any atom is -0.353 e. The van der Waals surface area contributed by atoms with Crippen molar-refractivity contribution in [3.63, 3.8) is 0 Å². The molecule has 2 aliphatic rings. The standard InChI is InChI=1S/C41H49NO4/c1-29-9-17-38(27-31(29)3)42(39-18-10-30(2)32(4)28-39)37-19-15-35(16-20-37)33-11-13-34(14-12-33)36(21-25-45-40-7-5-23-43-40)22-26-46-41-8-6-24-44-41/h9-20,27-28,36,40-41H,5-8,21-26H2,1-4H3. The third kappa shape index (κ3) is 8.08. The van der Waals surface area contributed by atoms with Gasteiger partial charge < -0.3 is 23.8 Å². The van der Waals surface area contributed by atoms with Gasteiger partial charge in [-0.25, -0.2) is 0 Å². The molecule has 4 aromatic rings. The zero-order chi connectivity index (χ0) is 31.9. The SMILES string of the molecule is Cc1ccc(N(c2ccc(-c3ccc(C(CCOC4CCCO4)CCOC4CCCO4)cc3)cc2)c2ccc(C)c(C)c2)cc1C. The Bertz CT molecular complexity index is 1480. The second kappa shape index (κ2) is 15.4. The zero-order valence-corrected chi connectivity index (χ0v) is 28.0. The van der Waals surface area contributed by atoms with E-state index in [0.29, 0.717) is 19.1 Å². The highest BCUT2D eigenvalue weighted by atomic mass is 16.7. The van der Waals surface area contributed by atoms with E-state index in [1.807, 2.05) is 0 Å². The van der Waals surface area contributed by atoms with Gasteiger partial charge in [-0.15, -0.1) is 0 Å². The molecule has 2 saturated heterocycles. The van der Waals surface area contributed by atoms with Crippen molar-refractivity contribution in [2.24, 2.45) is 0 Å². The Labute approximate surface area is 275 Å². The minimum absolute atomic E-state index is 0.0462. The van der Waals surface area contributed by atoms with Crippen molar-refractivity contribution in [2.75, 3.05) is 31.3 Å². The number of nitrogens with zero attached hydrogens (tertiary/aromatic N) is 1. The topological polar surface area (TPSA) is 40.2 Å². The first kappa shape index (κ1) is 32.5. The molecule has 6 rings (SSSR count). The molecule has 242 valence electrons. The molecule has 0 N–H and O–H groups in total. The average molecular weight is 620 g/mol. The van der Waals surface area contributed by atoms with Gasteiger partial charge in [-0.1, -0.05) is 48.5 Å². The second-order valence-electron chi connectivity index (χ2n) is 12.9. The fourth-order valence-corrected chi connectivity index (χ4v) is 6.45. The van der Waals surface area contributed by atoms with Crippen molar-refractivity contribution in [3.8, 4) is 11.1 Å². The molecule has 0 radical (unpaired) electrons. The Balaban J connectivity index is 1.18. The molecular weight excluding hydrogens is 570 g/mol. The second-order valence-corrected chi connectivity index (χ2v) is 12.9. The van der Waals surface area contributed by atoms with Crippen LogP contribution >= 0.6 is 0 Å². The lowest BCUT2D eigenvalue weighted by Gasteiger charge is -2.27. The van der Waals surface area contributed by atoms with Crippen LogP contribution in [-0.2, 0) is 18.9 Å². The van der Waals surface area contributed by atoms with E-state index in [1.54, 1.807) is 0 Å². The Morgan fingerprint density at radius 3 is 1.48 bits per heavy atom. The van der Waals surface area contributed by atoms with Crippen LogP contribution < -0.4 is 4.90 Å². The summed E-state index contributed by atoms with van der Waals surface area (Å²) in [5.41, 5.74) is 12.4. The summed E-state index contributed by atoms with van der Waals surface area (Å²) in [6.07, 6.45) is 5.94. The highest BCUT2D eigenvalue weighted by Crippen LogP contribution is 2.37. The molecule has 0 aromatic heterocycles. The Morgan fingerprint density at radius 1 is 0.587 bits per heavy atom. The van der Waals surface area contributed by atoms with Crippen LogP contribution in [0.15, 0.2) is 84.9 Å². The average Bonchev–Trinajstić information content (AvgIpc) is 3.79. The first-order valence-corrected chi connectivity index (χ1v) is 17.1. The molecule has 5 heteroatoms. The maximum absolute atomic E-state index is 6.05. The summed E-state index contributed by atoms with van der Waals surface area (Å²) in [5.74, 6) is 0.351. The van der Waals surface area contributed by atoms with Crippen LogP contribution in [0.4, 0.5) is 17.1 Å². The largest absolute Gasteiger partial charge is 0.353 e. The molecule has 0 saturated carbocycles. The smallest absolute Gasteiger partial charge is 0.157 e. The highest BCUT2D eigenvalue weighted by Gasteiger charge is 2.20. The molecule has 5 nitrogen and oxygen atoms in total. The number of hydrogen-bond donors (Lipinski definition) is 0. The van der Waals surface area contributed by atoms with E-state index >= 15 is 0 Å². The number of aryl methyl sites for hydroxylation is 4. The first-order valence-electron chi connectivity index (χ1n) is 17.1. The monoisotopic (exact) mass is 619 g/mol. The van der Waals surface area contributed by atoms with E-state index in [9.17, 15) is 0 Å². The molecule has 0 aliphatic carbocycles. The van der Waals surface area contributed by atoms with Crippen LogP contribution in [-0.4, -0.2) is 39.0 Å². The van der Waals surface area contributed by atoms with Crippen molar-refractivity contribution in [2.45, 2.75) is 84.7 Å². The zero-order valence-electron chi connectivity index (χ0n) is 28.0. The van der Waals surface area contributed by atoms with Crippen molar-refractivity contribution in [1.82, 2.24) is 0 Å². The lowest BCUT2D eigenvalue weighted by Crippen LogP contribution is -2.16. The van der Waals surface area contributed by atoms with Gasteiger partial charge in [0.05, 0.1) is 13.2 Å². The Morgan fingerprint density at radius 2 is 1.04 bits per heavy atom. The summed E-state index contributed by atoms with van der Waals surface area (Å²) in [6.45, 7) is 11.7. The fraction of sp³-hybridized carbons (Fsp3) is 0.415. The van der Waals surface area contributed by atoms with E-state index in [4.69, 9.17) is 18.9 Å². The van der Waals surface area contributed by atoms with E-state index < -0.39 is 0 Å². The van der Waals surface area contributed by atoms with Crippen molar-refractivity contribution in [3.05, 3.63) is 113 Å². The van der Waals surface area contributed by atoms with Crippen LogP contribution in [0, 0.1) is 27.7 Å². The molecular formula is C41H49NO4. The van der Waals surface area contributed by atoms with Crippen molar-refractivity contribution in [1.29, 1.82) is 0 Å². The van der Waals surface area contributed by atoms with Gasteiger partial charge in [0.15, 0.2) is 12.6 Å². The lowest BCUT2D eigenvalue weighted by molar-refractivity contribution is -0.117. The molecule has 0 amide bonds. The quantitative estimate of drug-likeness (QED) is 0.149. The maximum atomic E-state index is 6.05. The molecule has 4 aromatic carbocycles. The Hall–Kier alpha value is -3.48. The molecule has 46 heavy (non-hydrogen) atoms. The van der Waals surface area contributed by atoms with Crippen LogP contribution in [0.25, 0.3) is 11.1 Å². The van der Waals surface area contributed by atoms with Gasteiger partial charge in [0.2, 0.25) is 0 Å². The van der Waals surface area contributed by atoms with Gasteiger partial charge in [-0.3, -0.25) is 0 Å². The van der Waals surface area contributed by atoms with Crippen molar-refractivity contribution >= 4 is 17.1 Å². The van der Waals surface area contributed by atoms with E-state index in [-0.39, 0.29) is 12.6 Å². The predicted octanol–water partition coefficient (Wildman–Crippen LogP) is 10.2. The van der Waals surface area contributed by atoms with Gasteiger partial charge in [0.25, 0.3) is 0 Å². The van der Waals surface area contributed by atoms with Crippen LogP contribution in [0.3, 0.4) is 0 Å². The summed E-state index contributed by atoms with van der Waals surface area (Å²) in [7, 11) is 0. The third-order valence-corrected chi connectivity index (χ3v) is 9.65. The van der Waals surface area contributed by atoms with E-state index in [1.165, 1.54) is 50.3 Å². The number of hydrogen-bond acceptors (Lipinski definition) is 5. The van der Waals surface area contributed by atoms with Gasteiger partial charge >= 0.3 is 0 Å². The summed E-state index contributed by atoms with van der Waals surface area (Å²) in [5, 5.41) is 0. The van der Waals surface area contributed by atoms with Gasteiger partial charge in [-0.2, -0.15) is 0 Å². The fourth-order valence-electron chi connectivity index (χ4n) is 6.45. The lowest BCUT2D eigenvalue weighted by atomic mass is 9.91. The molecule has 2 atom stereocenters. The highest BCUT2D eigenvalue weighted by molar-refractivity contribution is 5.79. The number of anilines is 3. The van der Waals surface area contributed by atoms with E-state index in [2.05, 4.69) is 118 Å². The Kier molecular flexibility index (Phi) is 10.9. The summed E-state index contributed by atoms with van der Waals surface area (Å²) >= 11 is 0. The van der Waals surface area contributed by atoms with Gasteiger partial charge in [-0.05, 0) is 135 Å². The molecule has 0 spiro atoms. The van der Waals surface area contributed by atoms with Crippen LogP contribution in [0.2, 0.25) is 0 Å². The van der Waals surface area contributed by atoms with Crippen molar-refractivity contribution < 1.29 is 18.9 Å². The van der Waals surface area contributed by atoms with Crippen LogP contribution in [0.5, 0.6) is 0 Å². The number of benzene rings is 4. The molecule has 2 fully saturated rings. The first-order chi connectivity index (χ1) is 22.4. The van der Waals surface area contributed by atoms with Gasteiger partial charge in [0, 0.05) is 43.1 Å². The summed E-state index contributed by atoms with van der Waals surface area (Å²) < 4.78 is 23.5. The molecule has 0 bridgehead atoms. The third-order valence-electron chi connectivity index (χ3n) is 9.65. The van der Waals surface area contributed by atoms with Crippen LogP contribution in [0.1, 0.15) is 72.3 Å². The molecule has 2 heterocycles. The van der Waals surface area contributed by atoms with E-state index in [0.717, 1.165) is 57.4 Å².